The number of hydroxylamine groups is 1. The van der Waals surface area contributed by atoms with Crippen molar-refractivity contribution in [3.63, 3.8) is 0 Å². The highest BCUT2D eigenvalue weighted by atomic mass is 16.5. The maximum atomic E-state index is 12.6. The summed E-state index contributed by atoms with van der Waals surface area (Å²) in [5.41, 5.74) is 3.75. The minimum Gasteiger partial charge on any atom is -0.395 e. The number of rotatable bonds is 9. The summed E-state index contributed by atoms with van der Waals surface area (Å²) in [5.74, 6) is 1.46. The van der Waals surface area contributed by atoms with Crippen molar-refractivity contribution < 1.29 is 24.6 Å². The number of carbonyl (C=O) groups is 2. The molecule has 5 rings (SSSR count). The minimum absolute atomic E-state index is 0.142. The van der Waals surface area contributed by atoms with Gasteiger partial charge in [-0.05, 0) is 12.1 Å². The standard InChI is InChI=1S/C27H34N10O5/c1-34(27-29-14-19(15-30-27)26(40)33-41)16-20-35(2)21-23(36(20)3)31-22(32-24(21)37-8-11-42-12-9-37)17-5-4-6-18(13-17)25(39)28-7-10-38/h4-6,13-15,20,38,41H,7-12,16H2,1-3H3,(H,28,39)(H,33,40). The quantitative estimate of drug-likeness (QED) is 0.197. The van der Waals surface area contributed by atoms with Crippen LogP contribution in [0.4, 0.5) is 23.3 Å². The van der Waals surface area contributed by atoms with Gasteiger partial charge in [0.1, 0.15) is 11.9 Å². The molecule has 0 bridgehead atoms. The average molecular weight is 579 g/mol. The molecule has 1 unspecified atom stereocenters. The van der Waals surface area contributed by atoms with Gasteiger partial charge in [0.15, 0.2) is 17.5 Å². The molecular weight excluding hydrogens is 544 g/mol. The second kappa shape index (κ2) is 12.5. The first-order chi connectivity index (χ1) is 20.3. The molecule has 0 saturated carbocycles. The summed E-state index contributed by atoms with van der Waals surface area (Å²) in [4.78, 5) is 51.0. The summed E-state index contributed by atoms with van der Waals surface area (Å²) in [6.07, 6.45) is 2.55. The molecule has 1 saturated heterocycles. The van der Waals surface area contributed by atoms with Gasteiger partial charge in [-0.25, -0.2) is 25.4 Å². The lowest BCUT2D eigenvalue weighted by molar-refractivity contribution is 0.0705. The Morgan fingerprint density at radius 3 is 2.45 bits per heavy atom. The fourth-order valence-electron chi connectivity index (χ4n) is 5.01. The molecule has 0 spiro atoms. The summed E-state index contributed by atoms with van der Waals surface area (Å²) < 4.78 is 5.60. The monoisotopic (exact) mass is 578 g/mol. The first kappa shape index (κ1) is 28.9. The Hall–Kier alpha value is -4.60. The van der Waals surface area contributed by atoms with E-state index < -0.39 is 5.91 Å². The lowest BCUT2D eigenvalue weighted by Gasteiger charge is -2.33. The second-order valence-electron chi connectivity index (χ2n) is 10.00. The van der Waals surface area contributed by atoms with E-state index in [9.17, 15) is 9.59 Å². The van der Waals surface area contributed by atoms with E-state index in [0.29, 0.717) is 55.7 Å². The molecule has 4 heterocycles. The summed E-state index contributed by atoms with van der Waals surface area (Å²) in [6, 6.07) is 7.12. The highest BCUT2D eigenvalue weighted by molar-refractivity contribution is 5.95. The molecule has 42 heavy (non-hydrogen) atoms. The number of aliphatic hydroxyl groups is 1. The van der Waals surface area contributed by atoms with Gasteiger partial charge in [0.2, 0.25) is 5.95 Å². The number of nitrogens with zero attached hydrogens (tertiary/aromatic N) is 8. The zero-order valence-corrected chi connectivity index (χ0v) is 23.7. The summed E-state index contributed by atoms with van der Waals surface area (Å²) in [6.45, 7) is 3.04. The number of anilines is 4. The van der Waals surface area contributed by atoms with Crippen molar-refractivity contribution in [1.82, 2.24) is 30.7 Å². The van der Waals surface area contributed by atoms with Gasteiger partial charge in [0.25, 0.3) is 11.8 Å². The van der Waals surface area contributed by atoms with Crippen LogP contribution in [-0.4, -0.2) is 115 Å². The van der Waals surface area contributed by atoms with E-state index in [4.69, 9.17) is 25.0 Å². The van der Waals surface area contributed by atoms with Gasteiger partial charge >= 0.3 is 0 Å². The Morgan fingerprint density at radius 1 is 1.05 bits per heavy atom. The molecular formula is C27H34N10O5. The van der Waals surface area contributed by atoms with E-state index >= 15 is 0 Å². The topological polar surface area (TPSA) is 172 Å². The Labute approximate surface area is 242 Å². The zero-order chi connectivity index (χ0) is 29.8. The lowest BCUT2D eigenvalue weighted by Crippen LogP contribution is -2.47. The molecule has 2 amide bonds. The van der Waals surface area contributed by atoms with Crippen LogP contribution in [0.25, 0.3) is 11.4 Å². The highest BCUT2D eigenvalue weighted by Crippen LogP contribution is 2.44. The predicted molar refractivity (Wildman–Crippen MR) is 155 cm³/mol. The molecule has 4 N–H and O–H groups in total. The zero-order valence-electron chi connectivity index (χ0n) is 23.7. The predicted octanol–water partition coefficient (Wildman–Crippen LogP) is -0.0402. The van der Waals surface area contributed by atoms with Gasteiger partial charge in [-0.3, -0.25) is 14.8 Å². The third kappa shape index (κ3) is 5.74. The molecule has 222 valence electrons. The number of benzene rings is 1. The molecule has 0 aliphatic carbocycles. The normalized spacial score (nSPS) is 16.3. The number of hydrogen-bond acceptors (Lipinski definition) is 13. The van der Waals surface area contributed by atoms with E-state index in [0.717, 1.165) is 17.3 Å². The molecule has 3 aromatic rings. The smallest absolute Gasteiger partial charge is 0.277 e. The van der Waals surface area contributed by atoms with Crippen molar-refractivity contribution in [3.05, 3.63) is 47.8 Å². The summed E-state index contributed by atoms with van der Waals surface area (Å²) >= 11 is 0. The largest absolute Gasteiger partial charge is 0.395 e. The number of fused-ring (bicyclic) bond motifs is 1. The number of hydrogen-bond donors (Lipinski definition) is 4. The maximum Gasteiger partial charge on any atom is 0.277 e. The van der Waals surface area contributed by atoms with Crippen molar-refractivity contribution >= 4 is 35.1 Å². The van der Waals surface area contributed by atoms with Crippen molar-refractivity contribution in [2.75, 3.05) is 86.7 Å². The number of nitrogens with one attached hydrogen (secondary N) is 2. The Bertz CT molecular complexity index is 1430. The molecule has 1 aromatic carbocycles. The Morgan fingerprint density at radius 2 is 1.76 bits per heavy atom. The molecule has 2 aliphatic rings. The van der Waals surface area contributed by atoms with Crippen LogP contribution in [0.2, 0.25) is 0 Å². The number of amides is 2. The van der Waals surface area contributed by atoms with Crippen molar-refractivity contribution in [3.8, 4) is 11.4 Å². The Kier molecular flexibility index (Phi) is 8.61. The molecule has 1 atom stereocenters. The number of carbonyl (C=O) groups excluding carboxylic acids is 2. The van der Waals surface area contributed by atoms with E-state index in [1.807, 2.05) is 32.1 Å². The van der Waals surface area contributed by atoms with Gasteiger partial charge in [-0.15, -0.1) is 0 Å². The van der Waals surface area contributed by atoms with Crippen LogP contribution in [0.5, 0.6) is 0 Å². The number of ether oxygens (including phenoxy) is 1. The van der Waals surface area contributed by atoms with Gasteiger partial charge in [0.05, 0.1) is 31.9 Å². The molecule has 0 radical (unpaired) electrons. The van der Waals surface area contributed by atoms with Gasteiger partial charge in [0, 0.05) is 64.3 Å². The second-order valence-corrected chi connectivity index (χ2v) is 10.00. The average Bonchev–Trinajstić information content (AvgIpc) is 3.27. The van der Waals surface area contributed by atoms with Crippen LogP contribution in [0.1, 0.15) is 20.7 Å². The van der Waals surface area contributed by atoms with E-state index in [1.54, 1.807) is 23.7 Å². The van der Waals surface area contributed by atoms with Crippen LogP contribution in [0.3, 0.4) is 0 Å². The molecule has 2 aliphatic heterocycles. The van der Waals surface area contributed by atoms with E-state index in [1.165, 1.54) is 12.4 Å². The van der Waals surface area contributed by atoms with Crippen molar-refractivity contribution in [2.45, 2.75) is 6.17 Å². The highest BCUT2D eigenvalue weighted by Gasteiger charge is 2.38. The summed E-state index contributed by atoms with van der Waals surface area (Å²) in [7, 11) is 5.82. The number of likely N-dealkylation sites (N-methyl/N-ethyl adjacent to an activating group) is 3. The van der Waals surface area contributed by atoms with Gasteiger partial charge in [-0.1, -0.05) is 12.1 Å². The number of morpholine rings is 1. The summed E-state index contributed by atoms with van der Waals surface area (Å²) in [5, 5.41) is 20.6. The number of aliphatic hydroxyl groups excluding tert-OH is 1. The minimum atomic E-state index is -0.684. The van der Waals surface area contributed by atoms with Gasteiger partial charge < -0.3 is 34.8 Å². The molecule has 1 fully saturated rings. The first-order valence-electron chi connectivity index (χ1n) is 13.5. The van der Waals surface area contributed by atoms with Gasteiger partial charge in [-0.2, -0.15) is 0 Å². The number of aromatic nitrogens is 4. The van der Waals surface area contributed by atoms with Crippen molar-refractivity contribution in [2.24, 2.45) is 0 Å². The van der Waals surface area contributed by atoms with Crippen LogP contribution < -0.4 is 30.4 Å². The molecule has 2 aromatic heterocycles. The lowest BCUT2D eigenvalue weighted by atomic mass is 10.1. The molecule has 15 nitrogen and oxygen atoms in total. The van der Waals surface area contributed by atoms with Crippen LogP contribution >= 0.6 is 0 Å². The third-order valence-electron chi connectivity index (χ3n) is 7.30. The fourth-order valence-corrected chi connectivity index (χ4v) is 5.01. The third-order valence-corrected chi connectivity index (χ3v) is 7.30. The van der Waals surface area contributed by atoms with Crippen LogP contribution in [0, 0.1) is 0 Å². The Balaban J connectivity index is 1.47. The van der Waals surface area contributed by atoms with Crippen LogP contribution in [-0.2, 0) is 4.74 Å². The maximum absolute atomic E-state index is 12.6. The van der Waals surface area contributed by atoms with Crippen molar-refractivity contribution in [1.29, 1.82) is 0 Å². The first-order valence-corrected chi connectivity index (χ1v) is 13.5. The molecule has 15 heteroatoms. The van der Waals surface area contributed by atoms with E-state index in [-0.39, 0.29) is 30.8 Å². The fraction of sp³-hybridized carbons (Fsp3) is 0.407. The van der Waals surface area contributed by atoms with Crippen LogP contribution in [0.15, 0.2) is 36.7 Å². The van der Waals surface area contributed by atoms with E-state index in [2.05, 4.69) is 30.0 Å². The SMILES string of the molecule is CN(CC1N(C)c2nc(-c3cccc(C(=O)NCCO)c3)nc(N3CCOCC3)c2N1C)c1ncc(C(=O)NO)cn1.